The molecule has 0 unspecified atom stereocenters. The number of amides is 2. The molecule has 1 aromatic heterocycles. The summed E-state index contributed by atoms with van der Waals surface area (Å²) >= 11 is 4.50. The van der Waals surface area contributed by atoms with Crippen molar-refractivity contribution in [1.82, 2.24) is 4.98 Å². The molecule has 0 spiro atoms. The quantitative estimate of drug-likeness (QED) is 0.608. The number of rotatable bonds is 4. The Kier molecular flexibility index (Phi) is 5.65. The maximum atomic E-state index is 12.5. The summed E-state index contributed by atoms with van der Waals surface area (Å²) in [5.41, 5.74) is 1.92. The Balaban J connectivity index is 1.92. The van der Waals surface area contributed by atoms with Gasteiger partial charge in [-0.25, -0.2) is 9.78 Å². The molecular formula is C18H14BrN3O3S. The van der Waals surface area contributed by atoms with Crippen molar-refractivity contribution >= 4 is 49.4 Å². The number of halogens is 1. The maximum absolute atomic E-state index is 12.5. The van der Waals surface area contributed by atoms with Crippen LogP contribution in [0.5, 0.6) is 0 Å². The molecule has 0 aliphatic rings. The number of anilines is 2. The van der Waals surface area contributed by atoms with Gasteiger partial charge in [-0.05, 0) is 24.3 Å². The van der Waals surface area contributed by atoms with E-state index in [0.717, 1.165) is 21.4 Å². The molecule has 0 saturated heterocycles. The highest BCUT2D eigenvalue weighted by molar-refractivity contribution is 9.10. The van der Waals surface area contributed by atoms with Gasteiger partial charge in [-0.15, -0.1) is 0 Å². The molecule has 0 radical (unpaired) electrons. The van der Waals surface area contributed by atoms with Gasteiger partial charge in [0.05, 0.1) is 7.11 Å². The number of hydrogen-bond acceptors (Lipinski definition) is 5. The molecule has 2 aromatic carbocycles. The molecule has 8 heteroatoms. The van der Waals surface area contributed by atoms with Gasteiger partial charge in [0.25, 0.3) is 5.91 Å². The van der Waals surface area contributed by atoms with Gasteiger partial charge in [0, 0.05) is 15.6 Å². The third-order valence-corrected chi connectivity index (χ3v) is 4.82. The van der Waals surface area contributed by atoms with E-state index in [0.29, 0.717) is 21.4 Å². The molecule has 0 saturated carbocycles. The molecule has 6 nitrogen and oxygen atoms in total. The predicted octanol–water partition coefficient (Wildman–Crippen LogP) is 5.00. The number of carbonyl (C=O) groups is 2. The van der Waals surface area contributed by atoms with Crippen LogP contribution < -0.4 is 10.6 Å². The number of thiazole rings is 1. The van der Waals surface area contributed by atoms with Crippen molar-refractivity contribution in [3.63, 3.8) is 0 Å². The van der Waals surface area contributed by atoms with Crippen molar-refractivity contribution in [3.05, 3.63) is 64.6 Å². The Hall–Kier alpha value is -2.71. The molecule has 3 aromatic rings. The van der Waals surface area contributed by atoms with E-state index in [-0.39, 0.29) is 5.91 Å². The zero-order chi connectivity index (χ0) is 18.5. The molecule has 0 atom stereocenters. The monoisotopic (exact) mass is 431 g/mol. The maximum Gasteiger partial charge on any atom is 0.413 e. The molecule has 132 valence electrons. The fourth-order valence-electron chi connectivity index (χ4n) is 2.16. The molecule has 0 aliphatic heterocycles. The summed E-state index contributed by atoms with van der Waals surface area (Å²) in [7, 11) is 1.28. The number of carbonyl (C=O) groups excluding carboxylic acids is 2. The zero-order valence-electron chi connectivity index (χ0n) is 13.7. The normalized spacial score (nSPS) is 10.2. The van der Waals surface area contributed by atoms with Crippen LogP contribution in [0.25, 0.3) is 11.3 Å². The molecule has 2 amide bonds. The molecule has 26 heavy (non-hydrogen) atoms. The van der Waals surface area contributed by atoms with Gasteiger partial charge in [0.2, 0.25) is 0 Å². The van der Waals surface area contributed by atoms with E-state index in [1.54, 1.807) is 24.3 Å². The highest BCUT2D eigenvalue weighted by Gasteiger charge is 2.17. The molecule has 1 heterocycles. The van der Waals surface area contributed by atoms with Crippen LogP contribution in [-0.4, -0.2) is 24.1 Å². The van der Waals surface area contributed by atoms with Gasteiger partial charge in [-0.2, -0.15) is 0 Å². The lowest BCUT2D eigenvalue weighted by molar-refractivity contribution is 0.102. The minimum absolute atomic E-state index is 0.261. The summed E-state index contributed by atoms with van der Waals surface area (Å²) in [6, 6.07) is 16.4. The first-order chi connectivity index (χ1) is 12.6. The molecule has 2 N–H and O–H groups in total. The van der Waals surface area contributed by atoms with Crippen LogP contribution in [0, 0.1) is 0 Å². The first-order valence-corrected chi connectivity index (χ1v) is 9.16. The van der Waals surface area contributed by atoms with Crippen LogP contribution in [-0.2, 0) is 4.74 Å². The lowest BCUT2D eigenvalue weighted by Gasteiger charge is -2.05. The van der Waals surface area contributed by atoms with Crippen molar-refractivity contribution in [2.24, 2.45) is 0 Å². The first kappa shape index (κ1) is 18.1. The second kappa shape index (κ2) is 8.11. The topological polar surface area (TPSA) is 80.3 Å². The van der Waals surface area contributed by atoms with E-state index >= 15 is 0 Å². The van der Waals surface area contributed by atoms with Crippen molar-refractivity contribution in [1.29, 1.82) is 0 Å². The minimum atomic E-state index is -0.621. The largest absolute Gasteiger partial charge is 0.453 e. The molecular weight excluding hydrogens is 418 g/mol. The average molecular weight is 432 g/mol. The third kappa shape index (κ3) is 4.27. The van der Waals surface area contributed by atoms with Crippen LogP contribution in [0.15, 0.2) is 59.1 Å². The Morgan fingerprint density at radius 2 is 1.73 bits per heavy atom. The SMILES string of the molecule is COC(=O)Nc1nc(-c2ccccc2)c(NC(=O)c2ccc(Br)cc2)s1. The summed E-state index contributed by atoms with van der Waals surface area (Å²) in [5, 5.41) is 6.27. The van der Waals surface area contributed by atoms with Gasteiger partial charge in [0.1, 0.15) is 10.7 Å². The summed E-state index contributed by atoms with van der Waals surface area (Å²) in [6.45, 7) is 0. The smallest absolute Gasteiger partial charge is 0.413 e. The van der Waals surface area contributed by atoms with Gasteiger partial charge in [-0.1, -0.05) is 57.6 Å². The van der Waals surface area contributed by atoms with Crippen molar-refractivity contribution in [2.45, 2.75) is 0 Å². The molecule has 3 rings (SSSR count). The van der Waals surface area contributed by atoms with E-state index in [4.69, 9.17) is 0 Å². The van der Waals surface area contributed by atoms with E-state index in [1.807, 2.05) is 30.3 Å². The van der Waals surface area contributed by atoms with E-state index in [9.17, 15) is 9.59 Å². The highest BCUT2D eigenvalue weighted by Crippen LogP contribution is 2.36. The summed E-state index contributed by atoms with van der Waals surface area (Å²) < 4.78 is 5.49. The van der Waals surface area contributed by atoms with E-state index in [1.165, 1.54) is 7.11 Å². The predicted molar refractivity (Wildman–Crippen MR) is 106 cm³/mol. The van der Waals surface area contributed by atoms with Crippen LogP contribution in [0.1, 0.15) is 10.4 Å². The molecule has 0 fully saturated rings. The van der Waals surface area contributed by atoms with Crippen molar-refractivity contribution in [2.75, 3.05) is 17.7 Å². The van der Waals surface area contributed by atoms with Crippen LogP contribution in [0.4, 0.5) is 14.9 Å². The van der Waals surface area contributed by atoms with Gasteiger partial charge < -0.3 is 10.1 Å². The van der Waals surface area contributed by atoms with Crippen LogP contribution >= 0.6 is 27.3 Å². The highest BCUT2D eigenvalue weighted by atomic mass is 79.9. The Morgan fingerprint density at radius 1 is 1.04 bits per heavy atom. The second-order valence-electron chi connectivity index (χ2n) is 5.14. The van der Waals surface area contributed by atoms with E-state index < -0.39 is 6.09 Å². The number of benzene rings is 2. The lowest BCUT2D eigenvalue weighted by Crippen LogP contribution is -2.11. The Bertz CT molecular complexity index is 927. The van der Waals surface area contributed by atoms with Crippen LogP contribution in [0.3, 0.4) is 0 Å². The number of nitrogens with one attached hydrogen (secondary N) is 2. The van der Waals surface area contributed by atoms with Crippen molar-refractivity contribution in [3.8, 4) is 11.3 Å². The number of ether oxygens (including phenoxy) is 1. The van der Waals surface area contributed by atoms with Crippen molar-refractivity contribution < 1.29 is 14.3 Å². The number of aromatic nitrogens is 1. The molecule has 0 aliphatic carbocycles. The van der Waals surface area contributed by atoms with Gasteiger partial charge >= 0.3 is 6.09 Å². The summed E-state index contributed by atoms with van der Waals surface area (Å²) in [5.74, 6) is -0.261. The minimum Gasteiger partial charge on any atom is -0.453 e. The first-order valence-electron chi connectivity index (χ1n) is 7.55. The Labute approximate surface area is 162 Å². The number of hydrogen-bond donors (Lipinski definition) is 2. The van der Waals surface area contributed by atoms with Crippen LogP contribution in [0.2, 0.25) is 0 Å². The Morgan fingerprint density at radius 3 is 2.38 bits per heavy atom. The van der Waals surface area contributed by atoms with Gasteiger partial charge in [0.15, 0.2) is 5.13 Å². The summed E-state index contributed by atoms with van der Waals surface area (Å²) in [6.07, 6.45) is -0.621. The fraction of sp³-hybridized carbons (Fsp3) is 0.0556. The zero-order valence-corrected chi connectivity index (χ0v) is 16.1. The third-order valence-electron chi connectivity index (χ3n) is 3.40. The fourth-order valence-corrected chi connectivity index (χ4v) is 3.30. The lowest BCUT2D eigenvalue weighted by atomic mass is 10.1. The number of methoxy groups -OCH3 is 1. The van der Waals surface area contributed by atoms with Gasteiger partial charge in [-0.3, -0.25) is 10.1 Å². The molecule has 0 bridgehead atoms. The van der Waals surface area contributed by atoms with E-state index in [2.05, 4.69) is 36.3 Å². The average Bonchev–Trinajstić information content (AvgIpc) is 3.05. The standard InChI is InChI=1S/C18H14BrN3O3S/c1-25-18(24)22-17-20-14(11-5-3-2-4-6-11)16(26-17)21-15(23)12-7-9-13(19)10-8-12/h2-10H,1H3,(H,21,23)(H,20,22,24). The second-order valence-corrected chi connectivity index (χ2v) is 7.06. The number of nitrogens with zero attached hydrogens (tertiary/aromatic N) is 1. The summed E-state index contributed by atoms with van der Waals surface area (Å²) in [4.78, 5) is 28.4.